The number of nitrogens with two attached hydrogens (primary N) is 1. The van der Waals surface area contributed by atoms with Crippen LogP contribution in [-0.2, 0) is 9.59 Å². The van der Waals surface area contributed by atoms with Gasteiger partial charge in [0.15, 0.2) is 17.2 Å². The normalized spacial score (nSPS) is 15.0. The highest BCUT2D eigenvalue weighted by atomic mass is 35.5. The van der Waals surface area contributed by atoms with Gasteiger partial charge in [0.05, 0.1) is 12.1 Å². The predicted octanol–water partition coefficient (Wildman–Crippen LogP) is 2.47. The van der Waals surface area contributed by atoms with Crippen LogP contribution in [0.15, 0.2) is 30.3 Å². The summed E-state index contributed by atoms with van der Waals surface area (Å²) < 4.78 is 10.8. The minimum Gasteiger partial charge on any atom is -0.495 e. The fourth-order valence-corrected chi connectivity index (χ4v) is 2.96. The highest BCUT2D eigenvalue weighted by molar-refractivity contribution is 6.32. The van der Waals surface area contributed by atoms with Crippen molar-refractivity contribution in [3.8, 4) is 11.5 Å². The third-order valence-electron chi connectivity index (χ3n) is 3.98. The molecule has 0 saturated heterocycles. The number of hydrogen-bond acceptors (Lipinski definition) is 6. The van der Waals surface area contributed by atoms with Gasteiger partial charge in [-0.2, -0.15) is 0 Å². The van der Waals surface area contributed by atoms with Crippen molar-refractivity contribution in [2.45, 2.75) is 19.4 Å². The van der Waals surface area contributed by atoms with Gasteiger partial charge in [-0.15, -0.1) is 0 Å². The first kappa shape index (κ1) is 18.8. The molecule has 0 spiro atoms. The summed E-state index contributed by atoms with van der Waals surface area (Å²) >= 11 is 6.07. The zero-order chi connectivity index (χ0) is 19.8. The number of ether oxygens (including phenoxy) is 2. The van der Waals surface area contributed by atoms with Gasteiger partial charge in [-0.25, -0.2) is 4.98 Å². The minimum atomic E-state index is -1.13. The quantitative estimate of drug-likeness (QED) is 0.830. The second-order valence-electron chi connectivity index (χ2n) is 6.46. The summed E-state index contributed by atoms with van der Waals surface area (Å²) in [5, 5.41) is 3.06. The standard InChI is InChI=1S/C18H19ClN4O4/c1-18(2)17(25)23(16-13(27-18)6-7-14(20)22-16)9-15(24)21-10-4-5-12(26-3)11(19)8-10/h4-8H,9H2,1-3H3,(H2,20,22)(H,21,24). The molecular weight excluding hydrogens is 372 g/mol. The zero-order valence-electron chi connectivity index (χ0n) is 15.1. The Labute approximate surface area is 161 Å². The van der Waals surface area contributed by atoms with Gasteiger partial charge in [-0.3, -0.25) is 14.5 Å². The number of carbonyl (C=O) groups excluding carboxylic acids is 2. The highest BCUT2D eigenvalue weighted by Crippen LogP contribution is 2.36. The Balaban J connectivity index is 1.83. The highest BCUT2D eigenvalue weighted by Gasteiger charge is 2.42. The molecule has 0 radical (unpaired) electrons. The van der Waals surface area contributed by atoms with Crippen LogP contribution in [0.5, 0.6) is 11.5 Å². The van der Waals surface area contributed by atoms with Crippen LogP contribution in [-0.4, -0.2) is 36.1 Å². The van der Waals surface area contributed by atoms with E-state index in [2.05, 4.69) is 10.3 Å². The molecular formula is C18H19ClN4O4. The van der Waals surface area contributed by atoms with Crippen LogP contribution >= 0.6 is 11.6 Å². The number of rotatable bonds is 4. The van der Waals surface area contributed by atoms with Crippen LogP contribution in [0.2, 0.25) is 5.02 Å². The summed E-state index contributed by atoms with van der Waals surface area (Å²) in [6.45, 7) is 3.00. The van der Waals surface area contributed by atoms with Crippen molar-refractivity contribution in [1.82, 2.24) is 4.98 Å². The molecule has 3 rings (SSSR count). The van der Waals surface area contributed by atoms with Crippen LogP contribution in [0.4, 0.5) is 17.3 Å². The molecule has 2 aromatic rings. The predicted molar refractivity (Wildman–Crippen MR) is 102 cm³/mol. The Hall–Kier alpha value is -3.00. The molecule has 27 heavy (non-hydrogen) atoms. The van der Waals surface area contributed by atoms with Crippen molar-refractivity contribution in [2.75, 3.05) is 29.6 Å². The van der Waals surface area contributed by atoms with E-state index in [4.69, 9.17) is 26.8 Å². The first-order chi connectivity index (χ1) is 12.7. The summed E-state index contributed by atoms with van der Waals surface area (Å²) in [6, 6.07) is 8.05. The third kappa shape index (κ3) is 3.75. The minimum absolute atomic E-state index is 0.210. The van der Waals surface area contributed by atoms with Crippen LogP contribution < -0.4 is 25.4 Å². The van der Waals surface area contributed by atoms with Gasteiger partial charge >= 0.3 is 0 Å². The molecule has 1 aromatic carbocycles. The summed E-state index contributed by atoms with van der Waals surface area (Å²) in [6.07, 6.45) is 0. The van der Waals surface area contributed by atoms with Crippen LogP contribution in [0.25, 0.3) is 0 Å². The van der Waals surface area contributed by atoms with E-state index in [0.29, 0.717) is 22.2 Å². The van der Waals surface area contributed by atoms with Crippen LogP contribution in [0.1, 0.15) is 13.8 Å². The number of benzene rings is 1. The number of methoxy groups -OCH3 is 1. The molecule has 0 saturated carbocycles. The fourth-order valence-electron chi connectivity index (χ4n) is 2.70. The fraction of sp³-hybridized carbons (Fsp3) is 0.278. The molecule has 8 nitrogen and oxygen atoms in total. The molecule has 1 aromatic heterocycles. The Morgan fingerprint density at radius 3 is 2.78 bits per heavy atom. The van der Waals surface area contributed by atoms with Crippen molar-refractivity contribution in [1.29, 1.82) is 0 Å². The number of aromatic nitrogens is 1. The zero-order valence-corrected chi connectivity index (χ0v) is 15.8. The first-order valence-electron chi connectivity index (χ1n) is 8.12. The van der Waals surface area contributed by atoms with E-state index in [9.17, 15) is 9.59 Å². The van der Waals surface area contributed by atoms with Crippen molar-refractivity contribution >= 4 is 40.7 Å². The molecule has 0 fully saturated rings. The SMILES string of the molecule is COc1ccc(NC(=O)CN2C(=O)C(C)(C)Oc3ccc(N)nc32)cc1Cl. The molecule has 9 heteroatoms. The molecule has 0 unspecified atom stereocenters. The number of carbonyl (C=O) groups is 2. The maximum Gasteiger partial charge on any atom is 0.272 e. The molecule has 2 amide bonds. The summed E-state index contributed by atoms with van der Waals surface area (Å²) in [7, 11) is 1.50. The lowest BCUT2D eigenvalue weighted by Crippen LogP contribution is -2.54. The lowest BCUT2D eigenvalue weighted by Gasteiger charge is -2.37. The second-order valence-corrected chi connectivity index (χ2v) is 6.87. The number of pyridine rings is 1. The van der Waals surface area contributed by atoms with E-state index in [1.165, 1.54) is 12.0 Å². The molecule has 2 heterocycles. The van der Waals surface area contributed by atoms with Crippen molar-refractivity contribution in [2.24, 2.45) is 0 Å². The summed E-state index contributed by atoms with van der Waals surface area (Å²) in [5.41, 5.74) is 5.07. The van der Waals surface area contributed by atoms with Gasteiger partial charge in [0, 0.05) is 5.69 Å². The van der Waals surface area contributed by atoms with Gasteiger partial charge < -0.3 is 20.5 Å². The van der Waals surface area contributed by atoms with Crippen molar-refractivity contribution < 1.29 is 19.1 Å². The van der Waals surface area contributed by atoms with Crippen LogP contribution in [0.3, 0.4) is 0 Å². The monoisotopic (exact) mass is 390 g/mol. The van der Waals surface area contributed by atoms with E-state index >= 15 is 0 Å². The number of nitrogens with zero attached hydrogens (tertiary/aromatic N) is 2. The number of fused-ring (bicyclic) bond motifs is 1. The number of halogens is 1. The number of nitrogen functional groups attached to an aromatic ring is 1. The summed E-state index contributed by atoms with van der Waals surface area (Å²) in [4.78, 5) is 30.7. The maximum absolute atomic E-state index is 12.7. The topological polar surface area (TPSA) is 107 Å². The lowest BCUT2D eigenvalue weighted by molar-refractivity contribution is -0.133. The smallest absolute Gasteiger partial charge is 0.272 e. The number of amides is 2. The van der Waals surface area contributed by atoms with Crippen molar-refractivity contribution in [3.05, 3.63) is 35.4 Å². The average molecular weight is 391 g/mol. The van der Waals surface area contributed by atoms with Gasteiger partial charge in [-0.1, -0.05) is 11.6 Å². The number of hydrogen-bond donors (Lipinski definition) is 2. The molecule has 3 N–H and O–H groups in total. The Bertz CT molecular complexity index is 916. The third-order valence-corrected chi connectivity index (χ3v) is 4.27. The Morgan fingerprint density at radius 2 is 2.11 bits per heavy atom. The molecule has 0 atom stereocenters. The second kappa shape index (κ2) is 6.96. The van der Waals surface area contributed by atoms with Crippen molar-refractivity contribution in [3.63, 3.8) is 0 Å². The van der Waals surface area contributed by atoms with Gasteiger partial charge in [0.25, 0.3) is 5.91 Å². The van der Waals surface area contributed by atoms with Gasteiger partial charge in [0.2, 0.25) is 5.91 Å². The summed E-state index contributed by atoms with van der Waals surface area (Å²) in [5.74, 6) is 0.496. The van der Waals surface area contributed by atoms with E-state index in [-0.39, 0.29) is 18.2 Å². The van der Waals surface area contributed by atoms with Gasteiger partial charge in [0.1, 0.15) is 18.1 Å². The Kier molecular flexibility index (Phi) is 4.84. The van der Waals surface area contributed by atoms with E-state index in [1.807, 2.05) is 0 Å². The molecule has 0 bridgehead atoms. The number of anilines is 3. The van der Waals surface area contributed by atoms with E-state index < -0.39 is 17.4 Å². The molecule has 142 valence electrons. The van der Waals surface area contributed by atoms with E-state index in [0.717, 1.165) is 0 Å². The average Bonchev–Trinajstić information content (AvgIpc) is 2.60. The molecule has 1 aliphatic heterocycles. The van der Waals surface area contributed by atoms with Gasteiger partial charge in [-0.05, 0) is 44.2 Å². The van der Waals surface area contributed by atoms with Crippen LogP contribution in [0, 0.1) is 0 Å². The molecule has 1 aliphatic rings. The largest absolute Gasteiger partial charge is 0.495 e. The molecule has 0 aliphatic carbocycles. The Morgan fingerprint density at radius 1 is 1.37 bits per heavy atom. The van der Waals surface area contributed by atoms with E-state index in [1.54, 1.807) is 44.2 Å². The maximum atomic E-state index is 12.7. The number of nitrogens with one attached hydrogen (secondary N) is 1. The lowest BCUT2D eigenvalue weighted by atomic mass is 10.1. The first-order valence-corrected chi connectivity index (χ1v) is 8.50.